The highest BCUT2D eigenvalue weighted by molar-refractivity contribution is 7.05. The number of benzene rings is 1. The van der Waals surface area contributed by atoms with E-state index in [1.807, 2.05) is 25.1 Å². The molecule has 2 aromatic rings. The fourth-order valence-electron chi connectivity index (χ4n) is 1.52. The SMILES string of the molecule is COc1ccc(C)cc1C(O)c1cnns1. The number of aliphatic hydroxyl groups is 1. The Balaban J connectivity index is 2.42. The van der Waals surface area contributed by atoms with Gasteiger partial charge in [0.05, 0.1) is 18.2 Å². The Morgan fingerprint density at radius 3 is 2.88 bits per heavy atom. The lowest BCUT2D eigenvalue weighted by molar-refractivity contribution is 0.218. The lowest BCUT2D eigenvalue weighted by Crippen LogP contribution is -2.01. The second-order valence-corrected chi connectivity index (χ2v) is 4.29. The van der Waals surface area contributed by atoms with Gasteiger partial charge in [0, 0.05) is 5.56 Å². The van der Waals surface area contributed by atoms with E-state index in [2.05, 4.69) is 9.59 Å². The third-order valence-corrected chi connectivity index (χ3v) is 3.04. The summed E-state index contributed by atoms with van der Waals surface area (Å²) in [4.78, 5) is 0.712. The first-order valence-corrected chi connectivity index (χ1v) is 5.59. The fraction of sp³-hybridized carbons (Fsp3) is 0.273. The summed E-state index contributed by atoms with van der Waals surface area (Å²) in [7, 11) is 1.59. The van der Waals surface area contributed by atoms with E-state index in [1.54, 1.807) is 13.3 Å². The number of ether oxygens (including phenoxy) is 1. The molecule has 1 N–H and O–H groups in total. The van der Waals surface area contributed by atoms with Crippen molar-refractivity contribution in [1.82, 2.24) is 9.59 Å². The van der Waals surface area contributed by atoms with Crippen LogP contribution in [0, 0.1) is 6.92 Å². The molecule has 0 aliphatic carbocycles. The van der Waals surface area contributed by atoms with Gasteiger partial charge in [-0.2, -0.15) is 0 Å². The van der Waals surface area contributed by atoms with E-state index in [4.69, 9.17) is 4.74 Å². The molecule has 0 amide bonds. The molecule has 0 aliphatic heterocycles. The summed E-state index contributed by atoms with van der Waals surface area (Å²) in [6.07, 6.45) is 0.840. The van der Waals surface area contributed by atoms with Crippen LogP contribution in [0.3, 0.4) is 0 Å². The average Bonchev–Trinajstić information content (AvgIpc) is 2.81. The first kappa shape index (κ1) is 11.0. The van der Waals surface area contributed by atoms with Crippen LogP contribution in [0.25, 0.3) is 0 Å². The molecule has 0 bridgehead atoms. The lowest BCUT2D eigenvalue weighted by atomic mass is 10.0. The minimum atomic E-state index is -0.727. The van der Waals surface area contributed by atoms with Crippen LogP contribution in [-0.2, 0) is 0 Å². The Kier molecular flexibility index (Phi) is 3.17. The van der Waals surface area contributed by atoms with Crippen LogP contribution >= 0.6 is 11.5 Å². The van der Waals surface area contributed by atoms with E-state index in [9.17, 15) is 5.11 Å². The summed E-state index contributed by atoms with van der Waals surface area (Å²) >= 11 is 1.18. The summed E-state index contributed by atoms with van der Waals surface area (Å²) in [6, 6.07) is 5.70. The van der Waals surface area contributed by atoms with Crippen LogP contribution in [0.4, 0.5) is 0 Å². The van der Waals surface area contributed by atoms with Crippen molar-refractivity contribution >= 4 is 11.5 Å². The third-order valence-electron chi connectivity index (χ3n) is 2.33. The zero-order chi connectivity index (χ0) is 11.5. The van der Waals surface area contributed by atoms with Crippen LogP contribution in [-0.4, -0.2) is 21.8 Å². The molecule has 1 aromatic carbocycles. The smallest absolute Gasteiger partial charge is 0.125 e. The Morgan fingerprint density at radius 1 is 1.44 bits per heavy atom. The van der Waals surface area contributed by atoms with Gasteiger partial charge in [0.15, 0.2) is 0 Å². The summed E-state index contributed by atoms with van der Waals surface area (Å²) in [5.41, 5.74) is 1.82. The van der Waals surface area contributed by atoms with Crippen LogP contribution in [0.2, 0.25) is 0 Å². The second-order valence-electron chi connectivity index (χ2n) is 3.47. The van der Waals surface area contributed by atoms with Gasteiger partial charge in [0.1, 0.15) is 11.9 Å². The van der Waals surface area contributed by atoms with Gasteiger partial charge in [-0.1, -0.05) is 16.1 Å². The van der Waals surface area contributed by atoms with Crippen LogP contribution < -0.4 is 4.74 Å². The monoisotopic (exact) mass is 236 g/mol. The number of aliphatic hydroxyl groups excluding tert-OH is 1. The highest BCUT2D eigenvalue weighted by Gasteiger charge is 2.17. The number of aromatic nitrogens is 2. The molecule has 1 atom stereocenters. The van der Waals surface area contributed by atoms with E-state index in [-0.39, 0.29) is 0 Å². The van der Waals surface area contributed by atoms with E-state index >= 15 is 0 Å². The average molecular weight is 236 g/mol. The van der Waals surface area contributed by atoms with Crippen molar-refractivity contribution in [3.8, 4) is 5.75 Å². The van der Waals surface area contributed by atoms with Gasteiger partial charge < -0.3 is 9.84 Å². The van der Waals surface area contributed by atoms with Crippen molar-refractivity contribution < 1.29 is 9.84 Å². The van der Waals surface area contributed by atoms with Crippen molar-refractivity contribution in [2.75, 3.05) is 7.11 Å². The van der Waals surface area contributed by atoms with Gasteiger partial charge in [0.25, 0.3) is 0 Å². The Morgan fingerprint density at radius 2 is 2.25 bits per heavy atom. The molecule has 0 radical (unpaired) electrons. The fourth-order valence-corrected chi connectivity index (χ4v) is 2.03. The van der Waals surface area contributed by atoms with Gasteiger partial charge in [-0.15, -0.1) is 5.10 Å². The second kappa shape index (κ2) is 4.59. The van der Waals surface area contributed by atoms with E-state index in [1.165, 1.54) is 11.5 Å². The molecule has 4 nitrogen and oxygen atoms in total. The molecule has 0 saturated carbocycles. The molecule has 1 unspecified atom stereocenters. The molecule has 16 heavy (non-hydrogen) atoms. The summed E-state index contributed by atoms with van der Waals surface area (Å²) < 4.78 is 8.96. The molecule has 0 fully saturated rings. The minimum Gasteiger partial charge on any atom is -0.496 e. The van der Waals surface area contributed by atoms with Crippen LogP contribution in [0.15, 0.2) is 24.4 Å². The van der Waals surface area contributed by atoms with E-state index in [0.29, 0.717) is 10.6 Å². The number of nitrogens with zero attached hydrogens (tertiary/aromatic N) is 2. The maximum atomic E-state index is 10.2. The largest absolute Gasteiger partial charge is 0.496 e. The standard InChI is InChI=1S/C11H12N2O2S/c1-7-3-4-9(15-2)8(5-7)11(14)10-6-12-13-16-10/h3-6,11,14H,1-2H3. The molecule has 0 aliphatic rings. The van der Waals surface area contributed by atoms with Gasteiger partial charge in [-0.25, -0.2) is 0 Å². The maximum absolute atomic E-state index is 10.2. The number of methoxy groups -OCH3 is 1. The van der Waals surface area contributed by atoms with Crippen molar-refractivity contribution in [2.45, 2.75) is 13.0 Å². The molecular weight excluding hydrogens is 224 g/mol. The minimum absolute atomic E-state index is 0.673. The highest BCUT2D eigenvalue weighted by atomic mass is 32.1. The molecule has 0 saturated heterocycles. The molecule has 84 valence electrons. The Bertz CT molecular complexity index is 471. The van der Waals surface area contributed by atoms with Crippen molar-refractivity contribution in [3.63, 3.8) is 0 Å². The molecule has 2 rings (SSSR count). The highest BCUT2D eigenvalue weighted by Crippen LogP contribution is 2.31. The van der Waals surface area contributed by atoms with Crippen LogP contribution in [0.5, 0.6) is 5.75 Å². The van der Waals surface area contributed by atoms with Gasteiger partial charge in [0.2, 0.25) is 0 Å². The zero-order valence-corrected chi connectivity index (χ0v) is 9.86. The lowest BCUT2D eigenvalue weighted by Gasteiger charge is -2.13. The van der Waals surface area contributed by atoms with Crippen molar-refractivity contribution in [3.05, 3.63) is 40.4 Å². The zero-order valence-electron chi connectivity index (χ0n) is 9.04. The molecule has 1 heterocycles. The summed E-state index contributed by atoms with van der Waals surface area (Å²) in [5, 5.41) is 13.9. The summed E-state index contributed by atoms with van der Waals surface area (Å²) in [6.45, 7) is 1.97. The first-order chi connectivity index (χ1) is 7.72. The van der Waals surface area contributed by atoms with Crippen molar-refractivity contribution in [2.24, 2.45) is 0 Å². The van der Waals surface area contributed by atoms with Gasteiger partial charge >= 0.3 is 0 Å². The number of rotatable bonds is 3. The topological polar surface area (TPSA) is 55.2 Å². The normalized spacial score (nSPS) is 12.4. The number of aryl methyl sites for hydroxylation is 1. The van der Waals surface area contributed by atoms with E-state index in [0.717, 1.165) is 11.1 Å². The predicted molar refractivity (Wildman–Crippen MR) is 61.7 cm³/mol. The Hall–Kier alpha value is -1.46. The van der Waals surface area contributed by atoms with E-state index < -0.39 is 6.10 Å². The van der Waals surface area contributed by atoms with Crippen LogP contribution in [0.1, 0.15) is 22.1 Å². The van der Waals surface area contributed by atoms with Crippen molar-refractivity contribution in [1.29, 1.82) is 0 Å². The quantitative estimate of drug-likeness (QED) is 0.884. The molecule has 1 aromatic heterocycles. The number of hydrogen-bond acceptors (Lipinski definition) is 5. The van der Waals surface area contributed by atoms with Gasteiger partial charge in [-0.3, -0.25) is 0 Å². The predicted octanol–water partition coefficient (Wildman–Crippen LogP) is 1.94. The maximum Gasteiger partial charge on any atom is 0.125 e. The summed E-state index contributed by atoms with van der Waals surface area (Å²) in [5.74, 6) is 0.673. The third kappa shape index (κ3) is 2.05. The molecular formula is C11H12N2O2S. The Labute approximate surface area is 97.7 Å². The first-order valence-electron chi connectivity index (χ1n) is 4.82. The molecule has 0 spiro atoms. The van der Waals surface area contributed by atoms with Gasteiger partial charge in [-0.05, 0) is 30.6 Å². The molecule has 5 heteroatoms. The number of hydrogen-bond donors (Lipinski definition) is 1.